The number of benzene rings is 2. The van der Waals surface area contributed by atoms with Gasteiger partial charge in [-0.2, -0.15) is 22.9 Å². The fraction of sp³-hybridized carbons (Fsp3) is 0.0588. The van der Waals surface area contributed by atoms with Gasteiger partial charge in [0.25, 0.3) is 5.82 Å². The number of rotatable bonds is 4. The van der Waals surface area contributed by atoms with Crippen molar-refractivity contribution in [2.75, 3.05) is 0 Å². The Morgan fingerprint density at radius 2 is 1.81 bits per heavy atom. The maximum absolute atomic E-state index is 12.8. The molecule has 1 N–H and O–H groups in total. The molecule has 1 heterocycles. The van der Waals surface area contributed by atoms with E-state index in [1.165, 1.54) is 30.5 Å². The molecule has 27 heavy (non-hydrogen) atoms. The van der Waals surface area contributed by atoms with Gasteiger partial charge in [-0.25, -0.2) is 9.89 Å². The van der Waals surface area contributed by atoms with Crippen LogP contribution in [0.2, 0.25) is 0 Å². The Hall–Kier alpha value is -3.27. The van der Waals surface area contributed by atoms with Gasteiger partial charge in [0.2, 0.25) is 4.77 Å². The van der Waals surface area contributed by atoms with Crippen LogP contribution < -0.4 is 4.74 Å². The van der Waals surface area contributed by atoms with Crippen molar-refractivity contribution in [3.05, 3.63) is 76.3 Å². The molecule has 0 spiro atoms. The lowest BCUT2D eigenvalue weighted by Gasteiger charge is -2.05. The number of carbonyl (C=O) groups is 1. The van der Waals surface area contributed by atoms with Gasteiger partial charge in [-0.15, -0.1) is 5.10 Å². The summed E-state index contributed by atoms with van der Waals surface area (Å²) in [4.78, 5) is 12.0. The summed E-state index contributed by atoms with van der Waals surface area (Å²) >= 11 is 4.75. The highest BCUT2D eigenvalue weighted by Crippen LogP contribution is 2.27. The molecular weight excluding hydrogens is 381 g/mol. The molecule has 0 fully saturated rings. The van der Waals surface area contributed by atoms with Gasteiger partial charge in [0.15, 0.2) is 0 Å². The summed E-state index contributed by atoms with van der Waals surface area (Å²) in [6.07, 6.45) is -3.51. The first kappa shape index (κ1) is 18.5. The summed E-state index contributed by atoms with van der Waals surface area (Å²) in [6.45, 7) is 0. The first-order valence-electron chi connectivity index (χ1n) is 7.51. The van der Waals surface area contributed by atoms with Crippen molar-refractivity contribution in [3.8, 4) is 5.75 Å². The number of esters is 1. The van der Waals surface area contributed by atoms with E-state index in [0.717, 1.165) is 0 Å². The standard InChI is InChI=1S/C17H11F3N4O2S/c18-17(19,20)15-22-23-16(27)24(15)21-10-11-6-8-13(9-7-11)26-14(25)12-4-2-1-3-5-12/h1-10H,(H,23,27)/b21-10-. The third-order valence-corrected chi connectivity index (χ3v) is 3.59. The minimum absolute atomic E-state index is 0.285. The maximum Gasteiger partial charge on any atom is 0.453 e. The third kappa shape index (κ3) is 4.47. The fourth-order valence-electron chi connectivity index (χ4n) is 2.07. The summed E-state index contributed by atoms with van der Waals surface area (Å²) in [5.74, 6) is -1.48. The van der Waals surface area contributed by atoms with E-state index < -0.39 is 18.0 Å². The van der Waals surface area contributed by atoms with Gasteiger partial charge < -0.3 is 4.74 Å². The van der Waals surface area contributed by atoms with Gasteiger partial charge in [-0.05, 0) is 54.2 Å². The number of H-pyrrole nitrogens is 1. The average Bonchev–Trinajstić information content (AvgIpc) is 3.03. The van der Waals surface area contributed by atoms with Gasteiger partial charge in [-0.1, -0.05) is 18.2 Å². The molecule has 0 amide bonds. The minimum Gasteiger partial charge on any atom is -0.423 e. The van der Waals surface area contributed by atoms with E-state index >= 15 is 0 Å². The number of hydrogen-bond acceptors (Lipinski definition) is 5. The summed E-state index contributed by atoms with van der Waals surface area (Å²) in [7, 11) is 0. The van der Waals surface area contributed by atoms with Crippen LogP contribution in [0.1, 0.15) is 21.7 Å². The highest BCUT2D eigenvalue weighted by molar-refractivity contribution is 7.71. The molecule has 0 aliphatic rings. The summed E-state index contributed by atoms with van der Waals surface area (Å²) < 4.78 is 43.9. The van der Waals surface area contributed by atoms with Crippen LogP contribution in [0.3, 0.4) is 0 Å². The lowest BCUT2D eigenvalue weighted by Crippen LogP contribution is -2.12. The molecule has 0 atom stereocenters. The monoisotopic (exact) mass is 392 g/mol. The Bertz CT molecular complexity index is 1020. The van der Waals surface area contributed by atoms with Crippen molar-refractivity contribution in [2.45, 2.75) is 6.18 Å². The molecule has 0 unspecified atom stereocenters. The molecule has 1 aromatic heterocycles. The van der Waals surface area contributed by atoms with E-state index in [4.69, 9.17) is 17.0 Å². The van der Waals surface area contributed by atoms with Crippen LogP contribution in [-0.4, -0.2) is 27.1 Å². The van der Waals surface area contributed by atoms with E-state index in [9.17, 15) is 18.0 Å². The molecule has 0 radical (unpaired) electrons. The maximum atomic E-state index is 12.8. The van der Waals surface area contributed by atoms with E-state index in [1.54, 1.807) is 30.3 Å². The number of nitrogens with zero attached hydrogens (tertiary/aromatic N) is 3. The van der Waals surface area contributed by atoms with Gasteiger partial charge >= 0.3 is 12.1 Å². The molecule has 0 bridgehead atoms. The lowest BCUT2D eigenvalue weighted by atomic mass is 10.2. The van der Waals surface area contributed by atoms with Gasteiger partial charge in [0.05, 0.1) is 11.8 Å². The molecule has 138 valence electrons. The second kappa shape index (κ2) is 7.54. The van der Waals surface area contributed by atoms with Crippen molar-refractivity contribution in [1.82, 2.24) is 14.9 Å². The molecule has 0 aliphatic carbocycles. The first-order valence-corrected chi connectivity index (χ1v) is 7.92. The van der Waals surface area contributed by atoms with E-state index in [1.807, 2.05) is 0 Å². The number of aromatic amines is 1. The minimum atomic E-state index is -4.69. The van der Waals surface area contributed by atoms with Crippen LogP contribution in [0.5, 0.6) is 5.75 Å². The molecule has 2 aromatic carbocycles. The summed E-state index contributed by atoms with van der Waals surface area (Å²) in [6, 6.07) is 14.5. The quantitative estimate of drug-likeness (QED) is 0.315. The zero-order valence-electron chi connectivity index (χ0n) is 13.5. The van der Waals surface area contributed by atoms with E-state index in [0.29, 0.717) is 15.8 Å². The predicted octanol–water partition coefficient (Wildman–Crippen LogP) is 4.06. The smallest absolute Gasteiger partial charge is 0.423 e. The molecular formula is C17H11F3N4O2S. The van der Waals surface area contributed by atoms with Crippen molar-refractivity contribution in [3.63, 3.8) is 0 Å². The molecule has 0 saturated carbocycles. The number of halogens is 3. The highest BCUT2D eigenvalue weighted by atomic mass is 32.1. The fourth-order valence-corrected chi connectivity index (χ4v) is 2.25. The molecule has 3 rings (SSSR count). The SMILES string of the molecule is O=C(Oc1ccc(/C=N\n2c(C(F)(F)F)n[nH]c2=S)cc1)c1ccccc1. The molecule has 3 aromatic rings. The van der Waals surface area contributed by atoms with Crippen LogP contribution in [-0.2, 0) is 6.18 Å². The topological polar surface area (TPSA) is 72.3 Å². The number of aromatic nitrogens is 3. The normalized spacial score (nSPS) is 11.7. The second-order valence-electron chi connectivity index (χ2n) is 5.23. The van der Waals surface area contributed by atoms with Gasteiger partial charge in [0.1, 0.15) is 5.75 Å². The number of alkyl halides is 3. The van der Waals surface area contributed by atoms with Crippen LogP contribution in [0, 0.1) is 4.77 Å². The first-order chi connectivity index (χ1) is 12.8. The number of nitrogens with one attached hydrogen (secondary N) is 1. The zero-order chi connectivity index (χ0) is 19.4. The molecule has 10 heteroatoms. The number of hydrogen-bond donors (Lipinski definition) is 1. The Morgan fingerprint density at radius 1 is 1.15 bits per heavy atom. The van der Waals surface area contributed by atoms with Crippen LogP contribution in [0.15, 0.2) is 59.7 Å². The van der Waals surface area contributed by atoms with Crippen molar-refractivity contribution in [1.29, 1.82) is 0 Å². The summed E-state index contributed by atoms with van der Waals surface area (Å²) in [5.41, 5.74) is 0.878. The Balaban J connectivity index is 1.73. The molecule has 6 nitrogen and oxygen atoms in total. The number of ether oxygens (including phenoxy) is 1. The van der Waals surface area contributed by atoms with Crippen molar-refractivity contribution >= 4 is 24.4 Å². The number of carbonyl (C=O) groups excluding carboxylic acids is 1. The Labute approximate surface area is 155 Å². The van der Waals surface area contributed by atoms with Crippen molar-refractivity contribution < 1.29 is 22.7 Å². The van der Waals surface area contributed by atoms with Gasteiger partial charge in [0, 0.05) is 0 Å². The van der Waals surface area contributed by atoms with Crippen molar-refractivity contribution in [2.24, 2.45) is 5.10 Å². The van der Waals surface area contributed by atoms with Crippen LogP contribution in [0.25, 0.3) is 0 Å². The Kier molecular flexibility index (Phi) is 5.17. The van der Waals surface area contributed by atoms with E-state index in [-0.39, 0.29) is 10.5 Å². The van der Waals surface area contributed by atoms with Crippen LogP contribution in [0.4, 0.5) is 13.2 Å². The lowest BCUT2D eigenvalue weighted by molar-refractivity contribution is -0.147. The third-order valence-electron chi connectivity index (χ3n) is 3.33. The second-order valence-corrected chi connectivity index (χ2v) is 5.62. The van der Waals surface area contributed by atoms with Crippen LogP contribution >= 0.6 is 12.2 Å². The highest BCUT2D eigenvalue weighted by Gasteiger charge is 2.37. The predicted molar refractivity (Wildman–Crippen MR) is 93.2 cm³/mol. The zero-order valence-corrected chi connectivity index (χ0v) is 14.3. The van der Waals surface area contributed by atoms with E-state index in [2.05, 4.69) is 15.3 Å². The summed E-state index contributed by atoms with van der Waals surface area (Å²) in [5, 5.41) is 8.88. The Morgan fingerprint density at radius 3 is 2.44 bits per heavy atom. The average molecular weight is 392 g/mol. The van der Waals surface area contributed by atoms with Gasteiger partial charge in [-0.3, -0.25) is 0 Å². The molecule has 0 aliphatic heterocycles. The largest absolute Gasteiger partial charge is 0.453 e. The molecule has 0 saturated heterocycles.